The van der Waals surface area contributed by atoms with Gasteiger partial charge in [0.05, 0.1) is 0 Å². The van der Waals surface area contributed by atoms with Crippen LogP contribution < -0.4 is 4.74 Å². The Morgan fingerprint density at radius 2 is 0.903 bits per heavy atom. The first-order chi connectivity index (χ1) is 15.1. The van der Waals surface area contributed by atoms with Crippen molar-refractivity contribution >= 4 is 11.6 Å². The molecular weight excluding hydrogens is 384 g/mol. The van der Waals surface area contributed by atoms with E-state index in [9.17, 15) is 9.59 Å². The normalized spacial score (nSPS) is 10.8. The van der Waals surface area contributed by atoms with Gasteiger partial charge in [-0.3, -0.25) is 9.59 Å². The third kappa shape index (κ3) is 9.50. The van der Waals surface area contributed by atoms with Crippen molar-refractivity contribution in [2.45, 2.75) is 90.9 Å². The Bertz CT molecular complexity index is 707. The summed E-state index contributed by atoms with van der Waals surface area (Å²) in [6, 6.07) is 14.7. The zero-order valence-corrected chi connectivity index (χ0v) is 19.3. The molecule has 31 heavy (non-hydrogen) atoms. The third-order valence-electron chi connectivity index (χ3n) is 5.60. The van der Waals surface area contributed by atoms with Gasteiger partial charge >= 0.3 is 0 Å². The molecule has 0 atom stereocenters. The van der Waals surface area contributed by atoms with Crippen LogP contribution in [0.25, 0.3) is 0 Å². The van der Waals surface area contributed by atoms with Crippen molar-refractivity contribution in [2.75, 3.05) is 0 Å². The number of hydrogen-bond acceptors (Lipinski definition) is 3. The standard InChI is InChI=1S/C28H38O3/c1-3-5-7-9-11-13-27(29)23-15-19-25(20-16-23)31-26-21-17-24(18-22-26)28(30)14-12-10-8-6-4-2/h15-22H,3-14H2,1-2H3. The van der Waals surface area contributed by atoms with E-state index in [1.807, 2.05) is 48.5 Å². The first-order valence-corrected chi connectivity index (χ1v) is 12.1. The molecule has 0 aliphatic carbocycles. The quantitative estimate of drug-likeness (QED) is 0.201. The number of Topliss-reactive ketones (excluding diaryl/α,β-unsaturated/α-hetero) is 2. The SMILES string of the molecule is CCCCCCCC(=O)c1ccc(Oc2ccc(C(=O)CCCCCCC)cc2)cc1. The molecule has 0 heterocycles. The number of unbranched alkanes of at least 4 members (excludes halogenated alkanes) is 8. The smallest absolute Gasteiger partial charge is 0.162 e. The minimum absolute atomic E-state index is 0.195. The molecular formula is C28H38O3. The summed E-state index contributed by atoms with van der Waals surface area (Å²) in [6.45, 7) is 4.39. The lowest BCUT2D eigenvalue weighted by molar-refractivity contribution is 0.0971. The van der Waals surface area contributed by atoms with Crippen LogP contribution in [-0.2, 0) is 0 Å². The number of ketones is 2. The van der Waals surface area contributed by atoms with Crippen molar-refractivity contribution in [3.63, 3.8) is 0 Å². The van der Waals surface area contributed by atoms with Crippen LogP contribution in [0.1, 0.15) is 112 Å². The van der Waals surface area contributed by atoms with Gasteiger partial charge in [0.25, 0.3) is 0 Å². The van der Waals surface area contributed by atoms with Gasteiger partial charge in [-0.1, -0.05) is 65.2 Å². The maximum atomic E-state index is 12.3. The van der Waals surface area contributed by atoms with Gasteiger partial charge in [0.1, 0.15) is 11.5 Å². The van der Waals surface area contributed by atoms with Crippen LogP contribution in [0.15, 0.2) is 48.5 Å². The molecule has 0 saturated heterocycles. The van der Waals surface area contributed by atoms with Crippen molar-refractivity contribution in [1.82, 2.24) is 0 Å². The molecule has 0 spiro atoms. The van der Waals surface area contributed by atoms with E-state index in [1.54, 1.807) is 0 Å². The summed E-state index contributed by atoms with van der Waals surface area (Å²) in [5.74, 6) is 1.77. The lowest BCUT2D eigenvalue weighted by Crippen LogP contribution is -1.99. The fourth-order valence-corrected chi connectivity index (χ4v) is 3.62. The van der Waals surface area contributed by atoms with Crippen molar-refractivity contribution in [3.05, 3.63) is 59.7 Å². The summed E-state index contributed by atoms with van der Waals surface area (Å²) in [7, 11) is 0. The molecule has 3 nitrogen and oxygen atoms in total. The van der Waals surface area contributed by atoms with E-state index in [0.29, 0.717) is 24.3 Å². The Balaban J connectivity index is 1.78. The zero-order valence-electron chi connectivity index (χ0n) is 19.3. The van der Waals surface area contributed by atoms with Crippen LogP contribution in [-0.4, -0.2) is 11.6 Å². The van der Waals surface area contributed by atoms with E-state index in [4.69, 9.17) is 4.74 Å². The Hall–Kier alpha value is -2.42. The first-order valence-electron chi connectivity index (χ1n) is 12.1. The zero-order chi connectivity index (χ0) is 22.3. The summed E-state index contributed by atoms with van der Waals surface area (Å²) in [5, 5.41) is 0. The van der Waals surface area contributed by atoms with Crippen LogP contribution in [0.2, 0.25) is 0 Å². The van der Waals surface area contributed by atoms with Crippen molar-refractivity contribution in [2.24, 2.45) is 0 Å². The predicted molar refractivity (Wildman–Crippen MR) is 128 cm³/mol. The topological polar surface area (TPSA) is 43.4 Å². The van der Waals surface area contributed by atoms with Crippen LogP contribution in [0.3, 0.4) is 0 Å². The molecule has 0 aromatic heterocycles. The molecule has 0 bridgehead atoms. The van der Waals surface area contributed by atoms with Crippen LogP contribution in [0.4, 0.5) is 0 Å². The Morgan fingerprint density at radius 1 is 0.548 bits per heavy atom. The molecule has 2 aromatic carbocycles. The largest absolute Gasteiger partial charge is 0.457 e. The minimum Gasteiger partial charge on any atom is -0.457 e. The number of carbonyl (C=O) groups excluding carboxylic acids is 2. The number of rotatable bonds is 16. The Kier molecular flexibility index (Phi) is 11.7. The highest BCUT2D eigenvalue weighted by molar-refractivity contribution is 5.96. The highest BCUT2D eigenvalue weighted by atomic mass is 16.5. The number of hydrogen-bond donors (Lipinski definition) is 0. The van der Waals surface area contributed by atoms with Crippen LogP contribution in [0, 0.1) is 0 Å². The van der Waals surface area contributed by atoms with Gasteiger partial charge in [-0.2, -0.15) is 0 Å². The van der Waals surface area contributed by atoms with E-state index >= 15 is 0 Å². The monoisotopic (exact) mass is 422 g/mol. The number of carbonyl (C=O) groups is 2. The van der Waals surface area contributed by atoms with Gasteiger partial charge in [-0.25, -0.2) is 0 Å². The van der Waals surface area contributed by atoms with Crippen LogP contribution in [0.5, 0.6) is 11.5 Å². The molecule has 0 aliphatic rings. The summed E-state index contributed by atoms with van der Waals surface area (Å²) >= 11 is 0. The van der Waals surface area contributed by atoms with E-state index < -0.39 is 0 Å². The molecule has 0 radical (unpaired) electrons. The average Bonchev–Trinajstić information content (AvgIpc) is 2.79. The first kappa shape index (κ1) is 24.8. The summed E-state index contributed by atoms with van der Waals surface area (Å²) in [6.07, 6.45) is 12.7. The molecule has 0 fully saturated rings. The predicted octanol–water partition coefficient (Wildman–Crippen LogP) is 8.57. The van der Waals surface area contributed by atoms with Crippen molar-refractivity contribution in [3.8, 4) is 11.5 Å². The average molecular weight is 423 g/mol. The van der Waals surface area contributed by atoms with Gasteiger partial charge in [-0.05, 0) is 61.4 Å². The van der Waals surface area contributed by atoms with Gasteiger partial charge in [-0.15, -0.1) is 0 Å². The lowest BCUT2D eigenvalue weighted by atomic mass is 10.0. The Labute approximate surface area is 188 Å². The van der Waals surface area contributed by atoms with E-state index in [0.717, 1.165) is 36.8 Å². The number of benzene rings is 2. The number of ether oxygens (including phenoxy) is 1. The van der Waals surface area contributed by atoms with Gasteiger partial charge in [0.2, 0.25) is 0 Å². The molecule has 0 saturated carbocycles. The van der Waals surface area contributed by atoms with Crippen molar-refractivity contribution in [1.29, 1.82) is 0 Å². The molecule has 0 N–H and O–H groups in total. The molecule has 0 amide bonds. The third-order valence-corrected chi connectivity index (χ3v) is 5.60. The molecule has 2 rings (SSSR count). The maximum Gasteiger partial charge on any atom is 0.162 e. The molecule has 2 aromatic rings. The fourth-order valence-electron chi connectivity index (χ4n) is 3.62. The van der Waals surface area contributed by atoms with Crippen LogP contribution >= 0.6 is 0 Å². The van der Waals surface area contributed by atoms with Gasteiger partial charge in [0, 0.05) is 24.0 Å². The second kappa shape index (κ2) is 14.6. The van der Waals surface area contributed by atoms with Gasteiger partial charge in [0.15, 0.2) is 11.6 Å². The highest BCUT2D eigenvalue weighted by Gasteiger charge is 2.08. The molecule has 0 aliphatic heterocycles. The van der Waals surface area contributed by atoms with Crippen molar-refractivity contribution < 1.29 is 14.3 Å². The highest BCUT2D eigenvalue weighted by Crippen LogP contribution is 2.23. The fraction of sp³-hybridized carbons (Fsp3) is 0.500. The minimum atomic E-state index is 0.195. The molecule has 3 heteroatoms. The second-order valence-corrected chi connectivity index (χ2v) is 8.33. The summed E-state index contributed by atoms with van der Waals surface area (Å²) < 4.78 is 5.88. The molecule has 168 valence electrons. The summed E-state index contributed by atoms with van der Waals surface area (Å²) in [5.41, 5.74) is 1.48. The van der Waals surface area contributed by atoms with E-state index in [1.165, 1.54) is 38.5 Å². The van der Waals surface area contributed by atoms with E-state index in [2.05, 4.69) is 13.8 Å². The van der Waals surface area contributed by atoms with Gasteiger partial charge < -0.3 is 4.74 Å². The Morgan fingerprint density at radius 3 is 1.26 bits per heavy atom. The second-order valence-electron chi connectivity index (χ2n) is 8.33. The van der Waals surface area contributed by atoms with E-state index in [-0.39, 0.29) is 11.6 Å². The lowest BCUT2D eigenvalue weighted by Gasteiger charge is -2.08. The maximum absolute atomic E-state index is 12.3. The summed E-state index contributed by atoms with van der Waals surface area (Å²) in [4.78, 5) is 24.6. The molecule has 0 unspecified atom stereocenters.